The van der Waals surface area contributed by atoms with Gasteiger partial charge >= 0.3 is 0 Å². The van der Waals surface area contributed by atoms with E-state index in [1.807, 2.05) is 6.07 Å². The number of aromatic amines is 1. The molecule has 160 valence electrons. The Labute approximate surface area is 179 Å². The number of imidazole rings is 2. The molecule has 2 heterocycles. The second-order valence-corrected chi connectivity index (χ2v) is 10.5. The summed E-state index contributed by atoms with van der Waals surface area (Å²) in [6.45, 7) is 3.21. The first kappa shape index (κ1) is 19.7. The van der Waals surface area contributed by atoms with Crippen molar-refractivity contribution in [2.45, 2.75) is 37.9 Å². The largest absolute Gasteiger partial charge is 0.368 e. The fourth-order valence-electron chi connectivity index (χ4n) is 3.67. The van der Waals surface area contributed by atoms with Crippen LogP contribution in [0.3, 0.4) is 0 Å². The predicted octanol–water partition coefficient (Wildman–Crippen LogP) is 4.28. The summed E-state index contributed by atoms with van der Waals surface area (Å²) < 4.78 is 40.3. The molecule has 0 saturated heterocycles. The predicted molar refractivity (Wildman–Crippen MR) is 119 cm³/mol. The van der Waals surface area contributed by atoms with Crippen molar-refractivity contribution >= 4 is 27.0 Å². The van der Waals surface area contributed by atoms with E-state index in [1.54, 1.807) is 38.1 Å². The Hall–Kier alpha value is -3.20. The maximum absolute atomic E-state index is 13.5. The summed E-state index contributed by atoms with van der Waals surface area (Å²) in [7, 11) is -3.70. The van der Waals surface area contributed by atoms with Gasteiger partial charge in [0.15, 0.2) is 0 Å². The first-order valence-electron chi connectivity index (χ1n) is 10.1. The van der Waals surface area contributed by atoms with Crippen molar-refractivity contribution < 1.29 is 12.8 Å². The first-order chi connectivity index (χ1) is 14.8. The van der Waals surface area contributed by atoms with Crippen LogP contribution in [0.25, 0.3) is 33.5 Å². The number of H-pyrrole nitrogens is 1. The highest BCUT2D eigenvalue weighted by atomic mass is 32.2. The Morgan fingerprint density at radius 1 is 1.10 bits per heavy atom. The number of rotatable bonds is 5. The summed E-state index contributed by atoms with van der Waals surface area (Å²) >= 11 is 0. The van der Waals surface area contributed by atoms with Crippen molar-refractivity contribution in [3.8, 4) is 22.5 Å². The van der Waals surface area contributed by atoms with Gasteiger partial charge in [-0.15, -0.1) is 0 Å². The van der Waals surface area contributed by atoms with E-state index in [0.29, 0.717) is 22.6 Å². The molecule has 0 radical (unpaired) electrons. The Balaban J connectivity index is 1.72. The van der Waals surface area contributed by atoms with E-state index in [0.717, 1.165) is 39.5 Å². The van der Waals surface area contributed by atoms with Gasteiger partial charge in [0, 0.05) is 17.0 Å². The number of aromatic nitrogens is 4. The van der Waals surface area contributed by atoms with Crippen LogP contribution in [0.2, 0.25) is 0 Å². The Morgan fingerprint density at radius 2 is 1.77 bits per heavy atom. The minimum atomic E-state index is -3.70. The Morgan fingerprint density at radius 3 is 2.42 bits per heavy atom. The minimum Gasteiger partial charge on any atom is -0.368 e. The molecule has 4 aromatic rings. The number of fused-ring (bicyclic) bond motifs is 1. The lowest BCUT2D eigenvalue weighted by Gasteiger charge is -2.11. The molecule has 3 N–H and O–H groups in total. The fraction of sp³-hybridized carbons (Fsp3) is 0.273. The van der Waals surface area contributed by atoms with Gasteiger partial charge in [-0.3, -0.25) is 0 Å². The smallest absolute Gasteiger partial charge is 0.244 e. The topological polar surface area (TPSA) is 107 Å². The number of hydrogen-bond donors (Lipinski definition) is 2. The standard InChI is InChI=1S/C22H22FN5O2S/c1-12(2)31(29,30)28-18-11-15(7-10-17(18)25-22(28)24)20-19(13-5-8-16(23)9-6-13)26-21(27-20)14-3-4-14/h5-12,14H,3-4H2,1-2H3,(H2,24,25)(H,26,27). The molecule has 1 fully saturated rings. The van der Waals surface area contributed by atoms with Crippen LogP contribution in [0.5, 0.6) is 0 Å². The minimum absolute atomic E-state index is 0.0692. The van der Waals surface area contributed by atoms with Gasteiger partial charge in [0.1, 0.15) is 11.6 Å². The SMILES string of the molecule is CC(C)S(=O)(=O)n1c(N)nc2ccc(-c3nc(C4CC4)[nH]c3-c3ccc(F)cc3)cc21. The van der Waals surface area contributed by atoms with Gasteiger partial charge in [-0.1, -0.05) is 6.07 Å². The molecule has 0 spiro atoms. The molecule has 31 heavy (non-hydrogen) atoms. The van der Waals surface area contributed by atoms with Gasteiger partial charge in [-0.25, -0.2) is 26.7 Å². The van der Waals surface area contributed by atoms with Crippen LogP contribution in [0.1, 0.15) is 38.4 Å². The molecule has 9 heteroatoms. The normalized spacial score (nSPS) is 14.6. The number of hydrogen-bond acceptors (Lipinski definition) is 5. The lowest BCUT2D eigenvalue weighted by atomic mass is 10.0. The van der Waals surface area contributed by atoms with Crippen molar-refractivity contribution in [1.82, 2.24) is 18.9 Å². The lowest BCUT2D eigenvalue weighted by Crippen LogP contribution is -2.23. The summed E-state index contributed by atoms with van der Waals surface area (Å²) in [6, 6.07) is 11.6. The molecule has 0 aliphatic heterocycles. The zero-order valence-electron chi connectivity index (χ0n) is 17.1. The van der Waals surface area contributed by atoms with Crippen molar-refractivity contribution in [1.29, 1.82) is 0 Å². The summed E-state index contributed by atoms with van der Waals surface area (Å²) in [5, 5.41) is -0.655. The zero-order chi connectivity index (χ0) is 21.9. The zero-order valence-corrected chi connectivity index (χ0v) is 17.9. The van der Waals surface area contributed by atoms with E-state index < -0.39 is 15.3 Å². The van der Waals surface area contributed by atoms with E-state index in [-0.39, 0.29) is 11.8 Å². The van der Waals surface area contributed by atoms with Crippen LogP contribution >= 0.6 is 0 Å². The molecule has 0 unspecified atom stereocenters. The summed E-state index contributed by atoms with van der Waals surface area (Å²) in [4.78, 5) is 12.4. The van der Waals surface area contributed by atoms with Crippen LogP contribution in [0.15, 0.2) is 42.5 Å². The number of nitrogens with one attached hydrogen (secondary N) is 1. The summed E-state index contributed by atoms with van der Waals surface area (Å²) in [5.41, 5.74) is 9.86. The highest BCUT2D eigenvalue weighted by molar-refractivity contribution is 7.90. The molecule has 2 aromatic heterocycles. The maximum atomic E-state index is 13.5. The third kappa shape index (κ3) is 3.29. The monoisotopic (exact) mass is 439 g/mol. The number of benzene rings is 2. The highest BCUT2D eigenvalue weighted by Crippen LogP contribution is 2.42. The van der Waals surface area contributed by atoms with Crippen molar-refractivity contribution in [3.05, 3.63) is 54.1 Å². The molecule has 0 amide bonds. The summed E-state index contributed by atoms with van der Waals surface area (Å²) in [6.07, 6.45) is 2.15. The van der Waals surface area contributed by atoms with Gasteiger partial charge in [-0.2, -0.15) is 0 Å². The van der Waals surface area contributed by atoms with Crippen LogP contribution in [-0.2, 0) is 10.0 Å². The molecule has 1 aliphatic rings. The van der Waals surface area contributed by atoms with Gasteiger partial charge in [0.25, 0.3) is 0 Å². The molecular formula is C22H22FN5O2S. The fourth-order valence-corrected chi connectivity index (χ4v) is 4.82. The van der Waals surface area contributed by atoms with Crippen LogP contribution in [0.4, 0.5) is 10.3 Å². The van der Waals surface area contributed by atoms with E-state index in [4.69, 9.17) is 10.7 Å². The van der Waals surface area contributed by atoms with Crippen LogP contribution in [0, 0.1) is 5.82 Å². The first-order valence-corrected chi connectivity index (χ1v) is 11.6. The van der Waals surface area contributed by atoms with Gasteiger partial charge in [0.05, 0.1) is 27.7 Å². The quantitative estimate of drug-likeness (QED) is 0.483. The second kappa shape index (κ2) is 6.91. The molecule has 7 nitrogen and oxygen atoms in total. The molecular weight excluding hydrogens is 417 g/mol. The molecule has 0 atom stereocenters. The molecule has 0 bridgehead atoms. The number of halogens is 1. The maximum Gasteiger partial charge on any atom is 0.244 e. The number of nitrogens with zero attached hydrogens (tertiary/aromatic N) is 3. The average molecular weight is 440 g/mol. The number of anilines is 1. The lowest BCUT2D eigenvalue weighted by molar-refractivity contribution is 0.580. The Kier molecular flexibility index (Phi) is 4.40. The average Bonchev–Trinajstić information content (AvgIpc) is 3.39. The highest BCUT2D eigenvalue weighted by Gasteiger charge is 2.29. The molecule has 1 saturated carbocycles. The third-order valence-corrected chi connectivity index (χ3v) is 7.66. The van der Waals surface area contributed by atoms with Gasteiger partial charge in [-0.05, 0) is 63.1 Å². The third-order valence-electron chi connectivity index (χ3n) is 5.58. The Bertz CT molecular complexity index is 1400. The van der Waals surface area contributed by atoms with Gasteiger partial charge < -0.3 is 10.7 Å². The summed E-state index contributed by atoms with van der Waals surface area (Å²) in [5.74, 6) is 0.892. The van der Waals surface area contributed by atoms with E-state index in [2.05, 4.69) is 9.97 Å². The second-order valence-electron chi connectivity index (χ2n) is 8.16. The van der Waals surface area contributed by atoms with Crippen molar-refractivity contribution in [3.63, 3.8) is 0 Å². The molecule has 2 aromatic carbocycles. The van der Waals surface area contributed by atoms with Crippen molar-refractivity contribution in [2.75, 3.05) is 5.73 Å². The number of nitrogens with two attached hydrogens (primary N) is 1. The van der Waals surface area contributed by atoms with Crippen LogP contribution in [-0.4, -0.2) is 32.6 Å². The van der Waals surface area contributed by atoms with E-state index >= 15 is 0 Å². The van der Waals surface area contributed by atoms with E-state index in [9.17, 15) is 12.8 Å². The molecule has 5 rings (SSSR count). The van der Waals surface area contributed by atoms with Crippen molar-refractivity contribution in [2.24, 2.45) is 0 Å². The van der Waals surface area contributed by atoms with E-state index in [1.165, 1.54) is 12.1 Å². The number of nitrogen functional groups attached to an aromatic ring is 1. The molecule has 1 aliphatic carbocycles. The van der Waals surface area contributed by atoms with Crippen LogP contribution < -0.4 is 5.73 Å². The van der Waals surface area contributed by atoms with Gasteiger partial charge in [0.2, 0.25) is 16.0 Å².